The van der Waals surface area contributed by atoms with E-state index in [0.717, 1.165) is 5.52 Å². The molecule has 0 bridgehead atoms. The largest absolute Gasteiger partial charge is 0.359 e. The Balaban J connectivity index is 2.77. The fraction of sp³-hybridized carbons (Fsp3) is 0.100. The number of nitrogens with one attached hydrogen (secondary N) is 1. The van der Waals surface area contributed by atoms with Gasteiger partial charge in [-0.15, -0.1) is 0 Å². The molecule has 2 aromatic rings. The maximum atomic E-state index is 11.2. The molecule has 2 rings (SSSR count). The molecule has 2 heterocycles. The smallest absolute Gasteiger partial charge is 0.163 e. The number of ketones is 1. The third kappa shape index (κ3) is 1.15. The number of rotatable bonds is 1. The molecule has 1 N–H and O–H groups in total. The summed E-state index contributed by atoms with van der Waals surface area (Å²) in [6.07, 6.45) is 1.61. The number of nitrogens with zero attached hydrogens (tertiary/aromatic N) is 2. The molecular weight excluding hydrogens is 178 g/mol. The molecule has 0 fully saturated rings. The highest BCUT2D eigenvalue weighted by molar-refractivity contribution is 6.05. The van der Waals surface area contributed by atoms with E-state index in [0.29, 0.717) is 16.8 Å². The van der Waals surface area contributed by atoms with Crippen LogP contribution in [0.5, 0.6) is 0 Å². The van der Waals surface area contributed by atoms with E-state index in [2.05, 4.69) is 9.97 Å². The van der Waals surface area contributed by atoms with Gasteiger partial charge in [-0.1, -0.05) is 0 Å². The maximum absolute atomic E-state index is 11.2. The lowest BCUT2D eigenvalue weighted by Crippen LogP contribution is -1.91. The summed E-state index contributed by atoms with van der Waals surface area (Å²) in [6.45, 7) is 1.48. The first-order chi connectivity index (χ1) is 6.72. The van der Waals surface area contributed by atoms with Crippen LogP contribution in [-0.2, 0) is 0 Å². The van der Waals surface area contributed by atoms with Gasteiger partial charge in [0.05, 0.1) is 11.1 Å². The molecule has 0 spiro atoms. The monoisotopic (exact) mass is 185 g/mol. The van der Waals surface area contributed by atoms with Gasteiger partial charge in [-0.2, -0.15) is 5.26 Å². The Morgan fingerprint density at radius 2 is 2.36 bits per heavy atom. The van der Waals surface area contributed by atoms with Crippen LogP contribution >= 0.6 is 0 Å². The third-order valence-electron chi connectivity index (χ3n) is 2.02. The molecule has 0 saturated carbocycles. The van der Waals surface area contributed by atoms with E-state index in [4.69, 9.17) is 5.26 Å². The molecule has 0 aliphatic heterocycles. The van der Waals surface area contributed by atoms with Crippen molar-refractivity contribution in [3.05, 3.63) is 29.6 Å². The van der Waals surface area contributed by atoms with E-state index >= 15 is 0 Å². The highest BCUT2D eigenvalue weighted by Crippen LogP contribution is 2.16. The molecule has 0 atom stereocenters. The Hall–Kier alpha value is -2.15. The Morgan fingerprint density at radius 1 is 1.57 bits per heavy atom. The van der Waals surface area contributed by atoms with E-state index in [1.807, 2.05) is 6.07 Å². The lowest BCUT2D eigenvalue weighted by molar-refractivity contribution is 0.101. The van der Waals surface area contributed by atoms with Gasteiger partial charge in [-0.3, -0.25) is 4.79 Å². The molecule has 0 amide bonds. The summed E-state index contributed by atoms with van der Waals surface area (Å²) in [5.74, 6) is -0.0566. The van der Waals surface area contributed by atoms with Crippen molar-refractivity contribution in [2.75, 3.05) is 0 Å². The maximum Gasteiger partial charge on any atom is 0.163 e. The molecular formula is C10H7N3O. The Morgan fingerprint density at radius 3 is 3.00 bits per heavy atom. The zero-order chi connectivity index (χ0) is 10.1. The number of hydrogen-bond donors (Lipinski definition) is 1. The van der Waals surface area contributed by atoms with Crippen LogP contribution < -0.4 is 0 Å². The minimum atomic E-state index is -0.0566. The van der Waals surface area contributed by atoms with Crippen molar-refractivity contribution >= 4 is 16.8 Å². The van der Waals surface area contributed by atoms with E-state index in [1.54, 1.807) is 18.3 Å². The average molecular weight is 185 g/mol. The Kier molecular flexibility index (Phi) is 1.79. The topological polar surface area (TPSA) is 69.5 Å². The molecule has 0 unspecified atom stereocenters. The molecule has 0 saturated heterocycles. The summed E-state index contributed by atoms with van der Waals surface area (Å²) in [5, 5.41) is 8.66. The summed E-state index contributed by atoms with van der Waals surface area (Å²) < 4.78 is 0. The van der Waals surface area contributed by atoms with Crippen LogP contribution in [0.3, 0.4) is 0 Å². The number of aromatic nitrogens is 2. The van der Waals surface area contributed by atoms with E-state index in [-0.39, 0.29) is 5.78 Å². The first-order valence-corrected chi connectivity index (χ1v) is 4.11. The van der Waals surface area contributed by atoms with Gasteiger partial charge < -0.3 is 4.98 Å². The number of fused-ring (bicyclic) bond motifs is 1. The van der Waals surface area contributed by atoms with Crippen molar-refractivity contribution in [3.8, 4) is 6.07 Å². The average Bonchev–Trinajstić information content (AvgIpc) is 2.59. The lowest BCUT2D eigenvalue weighted by Gasteiger charge is -1.92. The molecule has 0 aromatic carbocycles. The SMILES string of the molecule is CC(=O)c1c[nH]c2ccc(C#N)nc12. The van der Waals surface area contributed by atoms with Gasteiger partial charge >= 0.3 is 0 Å². The summed E-state index contributed by atoms with van der Waals surface area (Å²) in [5.41, 5.74) is 2.18. The van der Waals surface area contributed by atoms with Crippen LogP contribution in [0, 0.1) is 11.3 Å². The second-order valence-corrected chi connectivity index (χ2v) is 2.96. The number of H-pyrrole nitrogens is 1. The lowest BCUT2D eigenvalue weighted by atomic mass is 10.2. The van der Waals surface area contributed by atoms with Crippen molar-refractivity contribution in [2.45, 2.75) is 6.92 Å². The van der Waals surface area contributed by atoms with Crippen LogP contribution in [0.15, 0.2) is 18.3 Å². The van der Waals surface area contributed by atoms with Crippen molar-refractivity contribution < 1.29 is 4.79 Å². The number of carbonyl (C=O) groups excluding carboxylic acids is 1. The summed E-state index contributed by atoms with van der Waals surface area (Å²) in [6, 6.07) is 5.30. The molecule has 68 valence electrons. The van der Waals surface area contributed by atoms with Gasteiger partial charge in [0.25, 0.3) is 0 Å². The molecule has 2 aromatic heterocycles. The summed E-state index contributed by atoms with van der Waals surface area (Å²) in [4.78, 5) is 18.2. The Bertz CT molecular complexity index is 548. The highest BCUT2D eigenvalue weighted by atomic mass is 16.1. The third-order valence-corrected chi connectivity index (χ3v) is 2.02. The number of nitriles is 1. The van der Waals surface area contributed by atoms with Crippen LogP contribution in [0.1, 0.15) is 23.0 Å². The zero-order valence-electron chi connectivity index (χ0n) is 7.53. The van der Waals surface area contributed by atoms with Gasteiger partial charge in [-0.05, 0) is 19.1 Å². The second kappa shape index (κ2) is 2.96. The van der Waals surface area contributed by atoms with Crippen molar-refractivity contribution in [2.24, 2.45) is 0 Å². The van der Waals surface area contributed by atoms with Gasteiger partial charge in [0.2, 0.25) is 0 Å². The fourth-order valence-corrected chi connectivity index (χ4v) is 1.33. The van der Waals surface area contributed by atoms with Gasteiger partial charge in [0, 0.05) is 6.20 Å². The van der Waals surface area contributed by atoms with Gasteiger partial charge in [-0.25, -0.2) is 4.98 Å². The van der Waals surface area contributed by atoms with Crippen LogP contribution in [-0.4, -0.2) is 15.8 Å². The highest BCUT2D eigenvalue weighted by Gasteiger charge is 2.09. The van der Waals surface area contributed by atoms with E-state index in [9.17, 15) is 4.79 Å². The van der Waals surface area contributed by atoms with E-state index in [1.165, 1.54) is 6.92 Å². The van der Waals surface area contributed by atoms with Crippen molar-refractivity contribution in [3.63, 3.8) is 0 Å². The number of carbonyl (C=O) groups is 1. The Labute approximate surface area is 80.2 Å². The van der Waals surface area contributed by atoms with Crippen molar-refractivity contribution in [1.29, 1.82) is 5.26 Å². The van der Waals surface area contributed by atoms with Crippen molar-refractivity contribution in [1.82, 2.24) is 9.97 Å². The standard InChI is InChI=1S/C10H7N3O/c1-6(14)8-5-12-9-3-2-7(4-11)13-10(8)9/h2-3,5,12H,1H3. The fourth-order valence-electron chi connectivity index (χ4n) is 1.33. The normalized spacial score (nSPS) is 10.0. The summed E-state index contributed by atoms with van der Waals surface area (Å²) in [7, 11) is 0. The number of hydrogen-bond acceptors (Lipinski definition) is 3. The molecule has 4 nitrogen and oxygen atoms in total. The number of aromatic amines is 1. The predicted molar refractivity (Wildman–Crippen MR) is 50.8 cm³/mol. The first kappa shape index (κ1) is 8.45. The minimum absolute atomic E-state index is 0.0566. The van der Waals surface area contributed by atoms with Crippen LogP contribution in [0.25, 0.3) is 11.0 Å². The van der Waals surface area contributed by atoms with Crippen LogP contribution in [0.4, 0.5) is 0 Å². The second-order valence-electron chi connectivity index (χ2n) is 2.96. The molecule has 4 heteroatoms. The molecule has 14 heavy (non-hydrogen) atoms. The molecule has 0 aliphatic rings. The van der Waals surface area contributed by atoms with E-state index < -0.39 is 0 Å². The molecule has 0 aliphatic carbocycles. The minimum Gasteiger partial charge on any atom is -0.359 e. The summed E-state index contributed by atoms with van der Waals surface area (Å²) >= 11 is 0. The van der Waals surface area contributed by atoms with Gasteiger partial charge in [0.1, 0.15) is 17.3 Å². The van der Waals surface area contributed by atoms with Gasteiger partial charge in [0.15, 0.2) is 5.78 Å². The zero-order valence-corrected chi connectivity index (χ0v) is 7.53. The quantitative estimate of drug-likeness (QED) is 0.686. The van der Waals surface area contributed by atoms with Crippen LogP contribution in [0.2, 0.25) is 0 Å². The number of Topliss-reactive ketones (excluding diaryl/α,β-unsaturated/α-hetero) is 1. The first-order valence-electron chi connectivity index (χ1n) is 4.11. The molecule has 0 radical (unpaired) electrons. The number of pyridine rings is 1. The predicted octanol–water partition coefficient (Wildman–Crippen LogP) is 1.64.